The summed E-state index contributed by atoms with van der Waals surface area (Å²) in [6, 6.07) is 11.0. The summed E-state index contributed by atoms with van der Waals surface area (Å²) in [5, 5.41) is 27.0. The zero-order chi connectivity index (χ0) is 27.0. The molecule has 9 nitrogen and oxygen atoms in total. The van der Waals surface area contributed by atoms with Crippen molar-refractivity contribution in [2.24, 2.45) is 0 Å². The number of pyridine rings is 1. The number of nitrogens with one attached hydrogen (secondary N) is 3. The largest absolute Gasteiger partial charge is 0.505 e. The number of aromatic amines is 1. The van der Waals surface area contributed by atoms with E-state index in [1.165, 1.54) is 0 Å². The topological polar surface area (TPSA) is 136 Å². The van der Waals surface area contributed by atoms with E-state index in [2.05, 4.69) is 15.6 Å². The van der Waals surface area contributed by atoms with E-state index in [0.29, 0.717) is 29.0 Å². The lowest BCUT2D eigenvalue weighted by molar-refractivity contribution is -0.137. The number of fused-ring (bicyclic) bond motifs is 2. The number of carbonyl (C=O) groups excluding carboxylic acids is 1. The molecule has 1 aliphatic carbocycles. The van der Waals surface area contributed by atoms with Gasteiger partial charge in [0, 0.05) is 28.0 Å². The molecule has 38 heavy (non-hydrogen) atoms. The van der Waals surface area contributed by atoms with Gasteiger partial charge in [-0.05, 0) is 72.5 Å². The van der Waals surface area contributed by atoms with Crippen LogP contribution in [0, 0.1) is 6.92 Å². The normalized spacial score (nSPS) is 13.3. The number of anilines is 1. The van der Waals surface area contributed by atoms with Crippen LogP contribution in [0.3, 0.4) is 0 Å². The van der Waals surface area contributed by atoms with Crippen molar-refractivity contribution in [3.05, 3.63) is 92.0 Å². The van der Waals surface area contributed by atoms with Crippen LogP contribution < -0.4 is 16.2 Å². The van der Waals surface area contributed by atoms with Gasteiger partial charge in [-0.1, -0.05) is 29.8 Å². The smallest absolute Gasteiger partial charge is 0.319 e. The molecule has 10 heteroatoms. The number of rotatable bonds is 7. The third-order valence-corrected chi connectivity index (χ3v) is 7.42. The second kappa shape index (κ2) is 10.3. The van der Waals surface area contributed by atoms with Crippen molar-refractivity contribution in [2.75, 3.05) is 5.32 Å². The van der Waals surface area contributed by atoms with E-state index in [1.807, 2.05) is 25.1 Å². The molecule has 1 atom stereocenters. The predicted molar refractivity (Wildman–Crippen MR) is 145 cm³/mol. The minimum Gasteiger partial charge on any atom is -0.505 e. The molecule has 5 N–H and O–H groups in total. The van der Waals surface area contributed by atoms with Crippen LogP contribution in [0.5, 0.6) is 5.75 Å². The van der Waals surface area contributed by atoms with Crippen LogP contribution in [0.4, 0.5) is 10.5 Å². The third-order valence-electron chi connectivity index (χ3n) is 7.07. The van der Waals surface area contributed by atoms with Gasteiger partial charge in [0.1, 0.15) is 5.75 Å². The summed E-state index contributed by atoms with van der Waals surface area (Å²) >= 11 is 6.43. The Kier molecular flexibility index (Phi) is 6.86. The molecule has 2 heterocycles. The predicted octanol–water partition coefficient (Wildman–Crippen LogP) is 4.87. The maximum absolute atomic E-state index is 13.6. The summed E-state index contributed by atoms with van der Waals surface area (Å²) in [6.45, 7) is 2.11. The minimum atomic E-state index is -1.10. The number of carbonyl (C=O) groups is 2. The van der Waals surface area contributed by atoms with E-state index >= 15 is 0 Å². The quantitative estimate of drug-likeness (QED) is 0.230. The number of nitrogens with zero attached hydrogens (tertiary/aromatic N) is 1. The van der Waals surface area contributed by atoms with Crippen molar-refractivity contribution in [3.63, 3.8) is 0 Å². The van der Waals surface area contributed by atoms with Gasteiger partial charge in [0.2, 0.25) is 0 Å². The fraction of sp³-hybridized carbons (Fsp3) is 0.250. The van der Waals surface area contributed by atoms with Crippen LogP contribution in [0.2, 0.25) is 5.02 Å². The number of benzene rings is 2. The number of aliphatic carboxylic acids is 1. The number of carboxylic acid groups (broad SMARTS) is 1. The van der Waals surface area contributed by atoms with E-state index in [0.717, 1.165) is 34.1 Å². The Hall–Kier alpha value is -4.24. The summed E-state index contributed by atoms with van der Waals surface area (Å²) in [5.74, 6) is -1.35. The third kappa shape index (κ3) is 4.84. The number of carboxylic acids is 1. The summed E-state index contributed by atoms with van der Waals surface area (Å²) in [7, 11) is 0. The molecule has 4 aromatic rings. The van der Waals surface area contributed by atoms with Gasteiger partial charge in [0.25, 0.3) is 5.56 Å². The molecule has 196 valence electrons. The van der Waals surface area contributed by atoms with Gasteiger partial charge < -0.3 is 30.4 Å². The van der Waals surface area contributed by atoms with Gasteiger partial charge >= 0.3 is 12.0 Å². The molecule has 0 saturated carbocycles. The molecule has 0 saturated heterocycles. The highest BCUT2D eigenvalue weighted by molar-refractivity contribution is 6.31. The number of hydrogen-bond donors (Lipinski definition) is 5. The highest BCUT2D eigenvalue weighted by atomic mass is 35.5. The molecule has 2 aromatic carbocycles. The Morgan fingerprint density at radius 3 is 2.76 bits per heavy atom. The summed E-state index contributed by atoms with van der Waals surface area (Å²) in [6.07, 6.45) is 3.36. The highest BCUT2D eigenvalue weighted by Crippen LogP contribution is 2.34. The number of halogens is 1. The molecule has 5 rings (SSSR count). The lowest BCUT2D eigenvalue weighted by Crippen LogP contribution is -2.37. The van der Waals surface area contributed by atoms with E-state index in [9.17, 15) is 24.6 Å². The number of aromatic nitrogens is 2. The molecule has 1 aliphatic rings. The van der Waals surface area contributed by atoms with Crippen molar-refractivity contribution < 1.29 is 19.8 Å². The number of urea groups is 1. The van der Waals surface area contributed by atoms with Gasteiger partial charge in [-0.3, -0.25) is 9.59 Å². The van der Waals surface area contributed by atoms with Crippen molar-refractivity contribution >= 4 is 40.2 Å². The monoisotopic (exact) mass is 534 g/mol. The highest BCUT2D eigenvalue weighted by Gasteiger charge is 2.27. The first kappa shape index (κ1) is 25.4. The molecular weight excluding hydrogens is 508 g/mol. The average Bonchev–Trinajstić information content (AvgIpc) is 3.55. The number of H-pyrrole nitrogens is 1. The first-order chi connectivity index (χ1) is 18.2. The standard InChI is InChI=1S/C28H27ClN4O5/c1-15-4-2-6-20(29)19(15)14-33-23-7-3-5-18(23)26(36)25(27(33)37)32-28(38)31-22(13-24(34)35)16-8-9-21-17(12-16)10-11-30-21/h2,4,6,8-12,22,30,36H,3,5,7,13-14H2,1H3,(H,34,35)(H2,31,32,38)/t22-/m0/s1. The van der Waals surface area contributed by atoms with Crippen LogP contribution in [-0.2, 0) is 24.2 Å². The molecule has 2 aromatic heterocycles. The van der Waals surface area contributed by atoms with E-state index in [4.69, 9.17) is 11.6 Å². The molecule has 0 fully saturated rings. The SMILES string of the molecule is Cc1cccc(Cl)c1Cn1c2c(c(O)c(NC(=O)N[C@@H](CC(=O)O)c3ccc4[nH]ccc4c3)c1=O)CCC2. The van der Waals surface area contributed by atoms with E-state index in [1.54, 1.807) is 35.0 Å². The second-order valence-electron chi connectivity index (χ2n) is 9.50. The molecular formula is C28H27ClN4O5. The van der Waals surface area contributed by atoms with Crippen LogP contribution in [0.15, 0.2) is 53.5 Å². The van der Waals surface area contributed by atoms with Gasteiger partial charge in [-0.2, -0.15) is 0 Å². The summed E-state index contributed by atoms with van der Waals surface area (Å²) in [5.41, 5.74) is 3.72. The van der Waals surface area contributed by atoms with Gasteiger partial charge in [-0.25, -0.2) is 4.79 Å². The summed E-state index contributed by atoms with van der Waals surface area (Å²) in [4.78, 5) is 41.3. The van der Waals surface area contributed by atoms with E-state index < -0.39 is 23.6 Å². The minimum absolute atomic E-state index is 0.196. The first-order valence-electron chi connectivity index (χ1n) is 12.3. The van der Waals surface area contributed by atoms with Crippen molar-refractivity contribution in [1.29, 1.82) is 0 Å². The first-order valence-corrected chi connectivity index (χ1v) is 12.7. The Bertz CT molecular complexity index is 1600. The number of aryl methyl sites for hydroxylation is 1. The Morgan fingerprint density at radius 2 is 2.00 bits per heavy atom. The van der Waals surface area contributed by atoms with Crippen molar-refractivity contribution in [1.82, 2.24) is 14.9 Å². The van der Waals surface area contributed by atoms with Crippen LogP contribution in [0.1, 0.15) is 46.8 Å². The van der Waals surface area contributed by atoms with Crippen LogP contribution in [0.25, 0.3) is 10.9 Å². The molecule has 0 spiro atoms. The fourth-order valence-electron chi connectivity index (χ4n) is 5.12. The molecule has 0 bridgehead atoms. The Labute approximate surface area is 223 Å². The maximum atomic E-state index is 13.6. The number of hydrogen-bond acceptors (Lipinski definition) is 4. The fourth-order valence-corrected chi connectivity index (χ4v) is 5.40. The number of aromatic hydroxyl groups is 1. The van der Waals surface area contributed by atoms with Crippen molar-refractivity contribution in [3.8, 4) is 5.75 Å². The second-order valence-corrected chi connectivity index (χ2v) is 9.91. The van der Waals surface area contributed by atoms with Crippen LogP contribution in [-0.4, -0.2) is 31.8 Å². The van der Waals surface area contributed by atoms with Gasteiger partial charge in [-0.15, -0.1) is 0 Å². The van der Waals surface area contributed by atoms with Crippen LogP contribution >= 0.6 is 11.6 Å². The summed E-state index contributed by atoms with van der Waals surface area (Å²) < 4.78 is 1.56. The van der Waals surface area contributed by atoms with Gasteiger partial charge in [0.15, 0.2) is 5.69 Å². The molecule has 2 amide bonds. The van der Waals surface area contributed by atoms with E-state index in [-0.39, 0.29) is 24.4 Å². The maximum Gasteiger partial charge on any atom is 0.319 e. The molecule has 0 radical (unpaired) electrons. The zero-order valence-electron chi connectivity index (χ0n) is 20.7. The average molecular weight is 535 g/mol. The lowest BCUT2D eigenvalue weighted by Gasteiger charge is -2.21. The van der Waals surface area contributed by atoms with Gasteiger partial charge in [0.05, 0.1) is 19.0 Å². The molecule has 0 unspecified atom stereocenters. The van der Waals surface area contributed by atoms with Crippen molar-refractivity contribution in [2.45, 2.75) is 45.2 Å². The zero-order valence-corrected chi connectivity index (χ0v) is 21.4. The lowest BCUT2D eigenvalue weighted by atomic mass is 10.0. The number of amides is 2. The Morgan fingerprint density at radius 1 is 1.18 bits per heavy atom. The Balaban J connectivity index is 1.47. The molecule has 0 aliphatic heterocycles.